The molecular formula is C17H18N2OS. The molecule has 1 aromatic carbocycles. The molecule has 1 aliphatic rings. The van der Waals surface area contributed by atoms with Crippen LogP contribution in [0.1, 0.15) is 34.8 Å². The van der Waals surface area contributed by atoms with Gasteiger partial charge in [-0.3, -0.25) is 4.79 Å². The molecule has 0 saturated heterocycles. The fourth-order valence-corrected chi connectivity index (χ4v) is 3.47. The molecule has 1 aliphatic carbocycles. The number of carbonyl (C=O) groups is 1. The van der Waals surface area contributed by atoms with E-state index in [0.717, 1.165) is 36.1 Å². The first-order valence-electron chi connectivity index (χ1n) is 7.21. The number of aromatic amines is 1. The molecule has 21 heavy (non-hydrogen) atoms. The quantitative estimate of drug-likeness (QED) is 0.832. The van der Waals surface area contributed by atoms with Crippen molar-refractivity contribution in [3.8, 4) is 11.3 Å². The molecule has 0 aliphatic heterocycles. The van der Waals surface area contributed by atoms with Crippen LogP contribution in [0.15, 0.2) is 30.3 Å². The van der Waals surface area contributed by atoms with Gasteiger partial charge in [0.1, 0.15) is 4.64 Å². The van der Waals surface area contributed by atoms with E-state index in [-0.39, 0.29) is 0 Å². The Bertz CT molecular complexity index is 749. The third-order valence-corrected chi connectivity index (χ3v) is 4.49. The van der Waals surface area contributed by atoms with Gasteiger partial charge in [-0.1, -0.05) is 49.5 Å². The standard InChI is InChI=1S/C17H18N2OS/c1-10-7-8-12-13(9-10)14(16(18)20)17(21)19-15(12)11-5-3-2-4-6-11/h2-6,10H,7-9H2,1H3,(H2,18,20)(H,19,21)/t10-/m0/s1. The Morgan fingerprint density at radius 1 is 1.29 bits per heavy atom. The number of nitrogens with one attached hydrogen (secondary N) is 1. The number of rotatable bonds is 2. The molecule has 0 unspecified atom stereocenters. The Balaban J connectivity index is 2.29. The third kappa shape index (κ3) is 2.51. The minimum absolute atomic E-state index is 0.429. The second kappa shape index (κ2) is 5.45. The summed E-state index contributed by atoms with van der Waals surface area (Å²) in [6, 6.07) is 10.1. The molecule has 0 fully saturated rings. The average molecular weight is 298 g/mol. The van der Waals surface area contributed by atoms with Gasteiger partial charge < -0.3 is 10.7 Å². The van der Waals surface area contributed by atoms with E-state index in [0.29, 0.717) is 16.1 Å². The first-order valence-corrected chi connectivity index (χ1v) is 7.62. The van der Waals surface area contributed by atoms with Crippen molar-refractivity contribution in [2.75, 3.05) is 0 Å². The highest BCUT2D eigenvalue weighted by atomic mass is 32.1. The van der Waals surface area contributed by atoms with E-state index in [9.17, 15) is 4.79 Å². The van der Waals surface area contributed by atoms with E-state index < -0.39 is 5.91 Å². The van der Waals surface area contributed by atoms with Crippen molar-refractivity contribution in [2.24, 2.45) is 11.7 Å². The van der Waals surface area contributed by atoms with E-state index in [1.807, 2.05) is 18.2 Å². The van der Waals surface area contributed by atoms with Gasteiger partial charge in [-0.05, 0) is 41.9 Å². The highest BCUT2D eigenvalue weighted by Crippen LogP contribution is 2.34. The maximum absolute atomic E-state index is 11.8. The van der Waals surface area contributed by atoms with Crippen LogP contribution in [0.2, 0.25) is 0 Å². The van der Waals surface area contributed by atoms with Crippen LogP contribution in [-0.4, -0.2) is 10.9 Å². The van der Waals surface area contributed by atoms with E-state index in [1.165, 1.54) is 5.56 Å². The van der Waals surface area contributed by atoms with Crippen molar-refractivity contribution in [3.63, 3.8) is 0 Å². The monoisotopic (exact) mass is 298 g/mol. The average Bonchev–Trinajstić information content (AvgIpc) is 2.46. The summed E-state index contributed by atoms with van der Waals surface area (Å²) < 4.78 is 0.453. The molecule has 1 heterocycles. The van der Waals surface area contributed by atoms with Gasteiger partial charge >= 0.3 is 0 Å². The molecule has 0 saturated carbocycles. The summed E-state index contributed by atoms with van der Waals surface area (Å²) >= 11 is 5.38. The predicted molar refractivity (Wildman–Crippen MR) is 86.8 cm³/mol. The van der Waals surface area contributed by atoms with E-state index in [2.05, 4.69) is 24.0 Å². The van der Waals surface area contributed by atoms with Crippen LogP contribution in [0.25, 0.3) is 11.3 Å². The van der Waals surface area contributed by atoms with Gasteiger partial charge in [0.25, 0.3) is 5.91 Å². The molecule has 0 spiro atoms. The summed E-state index contributed by atoms with van der Waals surface area (Å²) in [4.78, 5) is 15.0. The van der Waals surface area contributed by atoms with Gasteiger partial charge in [-0.25, -0.2) is 0 Å². The molecule has 3 rings (SSSR count). The SMILES string of the molecule is C[C@H]1CCc2c(-c3ccccc3)[nH]c(=S)c(C(N)=O)c2C1. The normalized spacial score (nSPS) is 17.3. The van der Waals surface area contributed by atoms with Gasteiger partial charge in [0, 0.05) is 5.69 Å². The number of carbonyl (C=O) groups excluding carboxylic acids is 1. The lowest BCUT2D eigenvalue weighted by Gasteiger charge is -2.26. The van der Waals surface area contributed by atoms with Gasteiger partial charge in [-0.15, -0.1) is 0 Å². The summed E-state index contributed by atoms with van der Waals surface area (Å²) in [5.74, 6) is 0.122. The lowest BCUT2D eigenvalue weighted by Crippen LogP contribution is -2.22. The number of H-pyrrole nitrogens is 1. The number of hydrogen-bond acceptors (Lipinski definition) is 2. The second-order valence-corrected chi connectivity index (χ2v) is 6.15. The molecule has 3 nitrogen and oxygen atoms in total. The van der Waals surface area contributed by atoms with Crippen LogP contribution >= 0.6 is 12.2 Å². The number of pyridine rings is 1. The third-order valence-electron chi connectivity index (χ3n) is 4.18. The van der Waals surface area contributed by atoms with E-state index >= 15 is 0 Å². The van der Waals surface area contributed by atoms with Gasteiger partial charge in [0.2, 0.25) is 0 Å². The Morgan fingerprint density at radius 3 is 2.67 bits per heavy atom. The number of benzene rings is 1. The first-order chi connectivity index (χ1) is 10.1. The summed E-state index contributed by atoms with van der Waals surface area (Å²) in [6.45, 7) is 2.20. The Morgan fingerprint density at radius 2 is 2.00 bits per heavy atom. The highest BCUT2D eigenvalue weighted by Gasteiger charge is 2.25. The van der Waals surface area contributed by atoms with Crippen LogP contribution in [0.5, 0.6) is 0 Å². The van der Waals surface area contributed by atoms with Crippen molar-refractivity contribution < 1.29 is 4.79 Å². The molecule has 1 aromatic heterocycles. The first kappa shape index (κ1) is 14.0. The van der Waals surface area contributed by atoms with Gasteiger partial charge in [0.15, 0.2) is 0 Å². The second-order valence-electron chi connectivity index (χ2n) is 5.74. The van der Waals surface area contributed by atoms with Crippen LogP contribution in [0.4, 0.5) is 0 Å². The number of hydrogen-bond donors (Lipinski definition) is 2. The summed E-state index contributed by atoms with van der Waals surface area (Å²) in [5.41, 5.74) is 10.4. The Labute approximate surface area is 129 Å². The molecular weight excluding hydrogens is 280 g/mol. The number of nitrogens with two attached hydrogens (primary N) is 1. The van der Waals surface area contributed by atoms with E-state index in [4.69, 9.17) is 18.0 Å². The summed E-state index contributed by atoms with van der Waals surface area (Å²) in [6.07, 6.45) is 2.94. The topological polar surface area (TPSA) is 58.9 Å². The predicted octanol–water partition coefficient (Wildman–Crippen LogP) is 3.63. The fourth-order valence-electron chi connectivity index (χ4n) is 3.14. The molecule has 1 amide bonds. The van der Waals surface area contributed by atoms with Crippen molar-refractivity contribution >= 4 is 18.1 Å². The number of primary amides is 1. The van der Waals surface area contributed by atoms with Crippen molar-refractivity contribution in [3.05, 3.63) is 51.7 Å². The van der Waals surface area contributed by atoms with Gasteiger partial charge in [-0.2, -0.15) is 0 Å². The molecule has 0 bridgehead atoms. The molecule has 1 atom stereocenters. The van der Waals surface area contributed by atoms with E-state index in [1.54, 1.807) is 0 Å². The minimum atomic E-state index is -0.429. The van der Waals surface area contributed by atoms with Crippen LogP contribution in [0, 0.1) is 10.6 Å². The fraction of sp³-hybridized carbons (Fsp3) is 0.294. The zero-order chi connectivity index (χ0) is 15.0. The van der Waals surface area contributed by atoms with Gasteiger partial charge in [0.05, 0.1) is 5.56 Å². The molecule has 3 N–H and O–H groups in total. The number of fused-ring (bicyclic) bond motifs is 1. The lowest BCUT2D eigenvalue weighted by molar-refractivity contribution is 0.0998. The lowest BCUT2D eigenvalue weighted by atomic mass is 9.81. The van der Waals surface area contributed by atoms with Crippen LogP contribution in [-0.2, 0) is 12.8 Å². The Hall–Kier alpha value is -1.94. The maximum Gasteiger partial charge on any atom is 0.251 e. The zero-order valence-corrected chi connectivity index (χ0v) is 12.8. The van der Waals surface area contributed by atoms with Crippen molar-refractivity contribution in [1.82, 2.24) is 4.98 Å². The van der Waals surface area contributed by atoms with Crippen LogP contribution in [0.3, 0.4) is 0 Å². The molecule has 0 radical (unpaired) electrons. The Kier molecular flexibility index (Phi) is 3.64. The van der Waals surface area contributed by atoms with Crippen molar-refractivity contribution in [2.45, 2.75) is 26.2 Å². The maximum atomic E-state index is 11.8. The number of aromatic nitrogens is 1. The molecule has 4 heteroatoms. The molecule has 108 valence electrons. The summed E-state index contributed by atoms with van der Waals surface area (Å²) in [5, 5.41) is 0. The summed E-state index contributed by atoms with van der Waals surface area (Å²) in [7, 11) is 0. The highest BCUT2D eigenvalue weighted by molar-refractivity contribution is 7.71. The zero-order valence-electron chi connectivity index (χ0n) is 12.0. The largest absolute Gasteiger partial charge is 0.365 e. The molecule has 2 aromatic rings. The minimum Gasteiger partial charge on any atom is -0.365 e. The van der Waals surface area contributed by atoms with Crippen molar-refractivity contribution in [1.29, 1.82) is 0 Å². The number of amides is 1. The smallest absolute Gasteiger partial charge is 0.251 e. The van der Waals surface area contributed by atoms with Crippen LogP contribution < -0.4 is 5.73 Å².